The molecule has 1 saturated heterocycles. The van der Waals surface area contributed by atoms with Gasteiger partial charge in [0.05, 0.1) is 0 Å². The molecule has 0 bridgehead atoms. The van der Waals surface area contributed by atoms with Gasteiger partial charge in [0.1, 0.15) is 5.60 Å². The summed E-state index contributed by atoms with van der Waals surface area (Å²) in [5.74, 6) is 1.23. The summed E-state index contributed by atoms with van der Waals surface area (Å²) >= 11 is 0. The average molecular weight is 302 g/mol. The van der Waals surface area contributed by atoms with Crippen molar-refractivity contribution in [3.8, 4) is 0 Å². The summed E-state index contributed by atoms with van der Waals surface area (Å²) in [4.78, 5) is 14.0. The number of rotatable bonds is 1. The van der Waals surface area contributed by atoms with E-state index in [1.807, 2.05) is 25.7 Å². The summed E-state index contributed by atoms with van der Waals surface area (Å²) in [6.07, 6.45) is 1.94. The summed E-state index contributed by atoms with van der Waals surface area (Å²) < 4.78 is 5.47. The number of fused-ring (bicyclic) bond motifs is 1. The lowest BCUT2D eigenvalue weighted by atomic mass is 9.81. The van der Waals surface area contributed by atoms with Crippen molar-refractivity contribution in [3.63, 3.8) is 0 Å². The molecule has 2 heterocycles. The predicted octanol–water partition coefficient (Wildman–Crippen LogP) is 3.84. The molecule has 1 N–H and O–H groups in total. The first-order valence-electron chi connectivity index (χ1n) is 8.25. The number of nitrogens with zero attached hydrogens (tertiary/aromatic N) is 1. The van der Waals surface area contributed by atoms with Crippen LogP contribution in [-0.4, -0.2) is 36.2 Å². The van der Waals surface area contributed by atoms with E-state index in [1.54, 1.807) is 0 Å². The van der Waals surface area contributed by atoms with Crippen molar-refractivity contribution in [1.29, 1.82) is 0 Å². The van der Waals surface area contributed by atoms with Gasteiger partial charge in [-0.05, 0) is 51.2 Å². The van der Waals surface area contributed by atoms with Crippen LogP contribution in [0.1, 0.15) is 45.1 Å². The Morgan fingerprint density at radius 2 is 1.91 bits per heavy atom. The Balaban J connectivity index is 1.58. The number of hydrogen-bond acceptors (Lipinski definition) is 3. The molecule has 1 atom stereocenters. The molecule has 0 aromatic heterocycles. The van der Waals surface area contributed by atoms with Crippen LogP contribution in [0.15, 0.2) is 24.3 Å². The summed E-state index contributed by atoms with van der Waals surface area (Å²) in [6.45, 7) is 8.38. The lowest BCUT2D eigenvalue weighted by Gasteiger charge is -2.35. The SMILES string of the molecule is CC(C)(C)OC(=O)N1CCC(C2CNc3ccccc32)CC1. The standard InChI is InChI=1S/C18H26N2O2/c1-18(2,3)22-17(21)20-10-8-13(9-11-20)15-12-19-16-7-5-4-6-14(15)16/h4-7,13,15,19H,8-12H2,1-3H3. The molecule has 0 saturated carbocycles. The normalized spacial score (nSPS) is 22.1. The number of para-hydroxylation sites is 1. The van der Waals surface area contributed by atoms with Gasteiger partial charge in [-0.15, -0.1) is 0 Å². The fraction of sp³-hybridized carbons (Fsp3) is 0.611. The van der Waals surface area contributed by atoms with Crippen LogP contribution in [0.2, 0.25) is 0 Å². The van der Waals surface area contributed by atoms with Crippen LogP contribution in [0.4, 0.5) is 10.5 Å². The lowest BCUT2D eigenvalue weighted by molar-refractivity contribution is 0.0176. The first-order valence-corrected chi connectivity index (χ1v) is 8.25. The fourth-order valence-electron chi connectivity index (χ4n) is 3.54. The predicted molar refractivity (Wildman–Crippen MR) is 88.2 cm³/mol. The molecule has 1 amide bonds. The van der Waals surface area contributed by atoms with Crippen molar-refractivity contribution in [2.24, 2.45) is 5.92 Å². The highest BCUT2D eigenvalue weighted by Gasteiger charge is 2.34. The average Bonchev–Trinajstić information content (AvgIpc) is 2.89. The van der Waals surface area contributed by atoms with Crippen LogP contribution < -0.4 is 5.32 Å². The van der Waals surface area contributed by atoms with Gasteiger partial charge >= 0.3 is 6.09 Å². The van der Waals surface area contributed by atoms with Gasteiger partial charge in [0.2, 0.25) is 0 Å². The largest absolute Gasteiger partial charge is 0.444 e. The van der Waals surface area contributed by atoms with E-state index in [2.05, 4.69) is 29.6 Å². The molecule has 0 radical (unpaired) electrons. The highest BCUT2D eigenvalue weighted by atomic mass is 16.6. The van der Waals surface area contributed by atoms with E-state index in [9.17, 15) is 4.79 Å². The molecule has 2 aliphatic rings. The Kier molecular flexibility index (Phi) is 4.02. The molecule has 120 valence electrons. The lowest BCUT2D eigenvalue weighted by Crippen LogP contribution is -2.42. The van der Waals surface area contributed by atoms with Crippen molar-refractivity contribution < 1.29 is 9.53 Å². The number of hydrogen-bond donors (Lipinski definition) is 1. The van der Waals surface area contributed by atoms with Crippen LogP contribution >= 0.6 is 0 Å². The second kappa shape index (κ2) is 5.82. The second-order valence-corrected chi connectivity index (χ2v) is 7.38. The summed E-state index contributed by atoms with van der Waals surface area (Å²) in [5.41, 5.74) is 2.31. The van der Waals surface area contributed by atoms with Crippen molar-refractivity contribution in [2.45, 2.75) is 45.1 Å². The molecule has 22 heavy (non-hydrogen) atoms. The molecule has 0 spiro atoms. The third-order valence-corrected chi connectivity index (χ3v) is 4.63. The van der Waals surface area contributed by atoms with Crippen molar-refractivity contribution >= 4 is 11.8 Å². The van der Waals surface area contributed by atoms with Crippen LogP contribution in [0.25, 0.3) is 0 Å². The van der Waals surface area contributed by atoms with E-state index in [-0.39, 0.29) is 6.09 Å². The zero-order valence-corrected chi connectivity index (χ0v) is 13.8. The van der Waals surface area contributed by atoms with E-state index in [4.69, 9.17) is 4.74 Å². The molecule has 1 unspecified atom stereocenters. The third-order valence-electron chi connectivity index (χ3n) is 4.63. The number of carbonyl (C=O) groups excluding carboxylic acids is 1. The monoisotopic (exact) mass is 302 g/mol. The van der Waals surface area contributed by atoms with E-state index < -0.39 is 5.60 Å². The number of piperidine rings is 1. The maximum absolute atomic E-state index is 12.1. The van der Waals surface area contributed by atoms with Crippen molar-refractivity contribution in [2.75, 3.05) is 25.0 Å². The zero-order chi connectivity index (χ0) is 15.7. The van der Waals surface area contributed by atoms with Crippen molar-refractivity contribution in [1.82, 2.24) is 4.90 Å². The van der Waals surface area contributed by atoms with E-state index in [0.29, 0.717) is 11.8 Å². The molecular weight excluding hydrogens is 276 g/mol. The molecule has 3 rings (SSSR count). The van der Waals surface area contributed by atoms with Gasteiger partial charge in [-0.2, -0.15) is 0 Å². The van der Waals surface area contributed by atoms with Crippen LogP contribution in [-0.2, 0) is 4.74 Å². The van der Waals surface area contributed by atoms with Gasteiger partial charge in [0, 0.05) is 31.2 Å². The molecule has 1 aromatic rings. The Morgan fingerprint density at radius 3 is 2.59 bits per heavy atom. The number of carbonyl (C=O) groups is 1. The van der Waals surface area contributed by atoms with E-state index in [1.165, 1.54) is 11.3 Å². The molecule has 1 aromatic carbocycles. The van der Waals surface area contributed by atoms with Crippen molar-refractivity contribution in [3.05, 3.63) is 29.8 Å². The van der Waals surface area contributed by atoms with Gasteiger partial charge < -0.3 is 15.0 Å². The Bertz CT molecular complexity index is 542. The topological polar surface area (TPSA) is 41.6 Å². The third kappa shape index (κ3) is 3.21. The van der Waals surface area contributed by atoms with Gasteiger partial charge in [0.15, 0.2) is 0 Å². The minimum Gasteiger partial charge on any atom is -0.444 e. The van der Waals surface area contributed by atoms with Gasteiger partial charge in [-0.1, -0.05) is 18.2 Å². The first-order chi connectivity index (χ1) is 10.4. The molecule has 2 aliphatic heterocycles. The van der Waals surface area contributed by atoms with Gasteiger partial charge in [-0.25, -0.2) is 4.79 Å². The highest BCUT2D eigenvalue weighted by Crippen LogP contribution is 2.40. The summed E-state index contributed by atoms with van der Waals surface area (Å²) in [5, 5.41) is 3.51. The minimum atomic E-state index is -0.414. The van der Waals surface area contributed by atoms with E-state index in [0.717, 1.165) is 32.5 Å². The number of ether oxygens (including phenoxy) is 1. The van der Waals surface area contributed by atoms with Gasteiger partial charge in [0.25, 0.3) is 0 Å². The number of amides is 1. The Hall–Kier alpha value is -1.71. The number of nitrogens with one attached hydrogen (secondary N) is 1. The molecule has 0 aliphatic carbocycles. The zero-order valence-electron chi connectivity index (χ0n) is 13.8. The maximum Gasteiger partial charge on any atom is 0.410 e. The number of benzene rings is 1. The Morgan fingerprint density at radius 1 is 1.23 bits per heavy atom. The van der Waals surface area contributed by atoms with Crippen LogP contribution in [0.5, 0.6) is 0 Å². The first kappa shape index (κ1) is 15.2. The van der Waals surface area contributed by atoms with E-state index >= 15 is 0 Å². The second-order valence-electron chi connectivity index (χ2n) is 7.38. The Labute approximate surface area is 132 Å². The number of likely N-dealkylation sites (tertiary alicyclic amines) is 1. The molecule has 4 nitrogen and oxygen atoms in total. The molecule has 1 fully saturated rings. The van der Waals surface area contributed by atoms with Crippen LogP contribution in [0, 0.1) is 5.92 Å². The summed E-state index contributed by atoms with van der Waals surface area (Å²) in [6, 6.07) is 8.60. The maximum atomic E-state index is 12.1. The van der Waals surface area contributed by atoms with Gasteiger partial charge in [-0.3, -0.25) is 0 Å². The molecular formula is C18H26N2O2. The summed E-state index contributed by atoms with van der Waals surface area (Å²) in [7, 11) is 0. The minimum absolute atomic E-state index is 0.170. The molecule has 4 heteroatoms. The smallest absolute Gasteiger partial charge is 0.410 e. The number of anilines is 1. The van der Waals surface area contributed by atoms with Crippen LogP contribution in [0.3, 0.4) is 0 Å². The quantitative estimate of drug-likeness (QED) is 0.857. The fourth-order valence-corrected chi connectivity index (χ4v) is 3.54. The highest BCUT2D eigenvalue weighted by molar-refractivity contribution is 5.68.